The summed E-state index contributed by atoms with van der Waals surface area (Å²) < 4.78 is 16.7. The number of rotatable bonds is 8. The predicted molar refractivity (Wildman–Crippen MR) is 110 cm³/mol. The standard InChI is InChI=1S/C20H23BrN2O5/c1-23(12-18(24)22-15-8-6-5-7-14(15)21)19(25)11-13-9-16(26-2)20(28-4)17(10-13)27-3/h5-10H,11-12H2,1-4H3,(H,22,24). The number of likely N-dealkylation sites (N-methyl/N-ethyl adjacent to an activating group) is 1. The van der Waals surface area contributed by atoms with Crippen molar-refractivity contribution in [2.45, 2.75) is 6.42 Å². The molecule has 2 aromatic rings. The zero-order valence-corrected chi connectivity index (χ0v) is 17.8. The SMILES string of the molecule is COc1cc(CC(=O)N(C)CC(=O)Nc2ccccc2Br)cc(OC)c1OC. The van der Waals surface area contributed by atoms with Crippen LogP contribution >= 0.6 is 15.9 Å². The monoisotopic (exact) mass is 450 g/mol. The molecule has 0 atom stereocenters. The van der Waals surface area contributed by atoms with Gasteiger partial charge in [-0.2, -0.15) is 0 Å². The lowest BCUT2D eigenvalue weighted by Gasteiger charge is -2.18. The molecule has 0 saturated carbocycles. The number of amides is 2. The quantitative estimate of drug-likeness (QED) is 0.668. The Morgan fingerprint density at radius 2 is 1.64 bits per heavy atom. The Bertz CT molecular complexity index is 831. The number of hydrogen-bond acceptors (Lipinski definition) is 5. The van der Waals surface area contributed by atoms with Crippen LogP contribution in [0.5, 0.6) is 17.2 Å². The highest BCUT2D eigenvalue weighted by Gasteiger charge is 2.18. The van der Waals surface area contributed by atoms with Crippen molar-refractivity contribution in [2.24, 2.45) is 0 Å². The van der Waals surface area contributed by atoms with Crippen molar-refractivity contribution < 1.29 is 23.8 Å². The van der Waals surface area contributed by atoms with Gasteiger partial charge < -0.3 is 24.4 Å². The summed E-state index contributed by atoms with van der Waals surface area (Å²) in [6.07, 6.45) is 0.0928. The molecule has 2 rings (SSSR count). The molecule has 0 fully saturated rings. The maximum absolute atomic E-state index is 12.5. The van der Waals surface area contributed by atoms with E-state index in [1.165, 1.54) is 26.2 Å². The van der Waals surface area contributed by atoms with E-state index in [4.69, 9.17) is 14.2 Å². The minimum Gasteiger partial charge on any atom is -0.493 e. The summed E-state index contributed by atoms with van der Waals surface area (Å²) in [5.41, 5.74) is 1.34. The summed E-state index contributed by atoms with van der Waals surface area (Å²) in [6, 6.07) is 10.7. The molecule has 1 N–H and O–H groups in total. The third-order valence-electron chi connectivity index (χ3n) is 4.03. The van der Waals surface area contributed by atoms with Crippen LogP contribution in [0.4, 0.5) is 5.69 Å². The molecule has 2 aromatic carbocycles. The van der Waals surface area contributed by atoms with Crippen molar-refractivity contribution in [1.29, 1.82) is 0 Å². The van der Waals surface area contributed by atoms with Crippen molar-refractivity contribution in [1.82, 2.24) is 4.90 Å². The average Bonchev–Trinajstić information content (AvgIpc) is 2.68. The normalized spacial score (nSPS) is 10.2. The number of carbonyl (C=O) groups is 2. The topological polar surface area (TPSA) is 77.1 Å². The van der Waals surface area contributed by atoms with Crippen LogP contribution in [0.25, 0.3) is 0 Å². The van der Waals surface area contributed by atoms with Crippen LogP contribution < -0.4 is 19.5 Å². The molecular formula is C20H23BrN2O5. The van der Waals surface area contributed by atoms with Crippen LogP contribution in [0.3, 0.4) is 0 Å². The fourth-order valence-corrected chi connectivity index (χ4v) is 2.99. The maximum atomic E-state index is 12.5. The van der Waals surface area contributed by atoms with E-state index >= 15 is 0 Å². The van der Waals surface area contributed by atoms with Gasteiger partial charge in [-0.1, -0.05) is 12.1 Å². The second-order valence-corrected chi connectivity index (χ2v) is 6.84. The number of halogens is 1. The third-order valence-corrected chi connectivity index (χ3v) is 4.73. The summed E-state index contributed by atoms with van der Waals surface area (Å²) in [4.78, 5) is 26.1. The van der Waals surface area contributed by atoms with Gasteiger partial charge in [-0.05, 0) is 45.8 Å². The van der Waals surface area contributed by atoms with Gasteiger partial charge in [0.15, 0.2) is 11.5 Å². The highest BCUT2D eigenvalue weighted by molar-refractivity contribution is 9.10. The number of benzene rings is 2. The van der Waals surface area contributed by atoms with Crippen LogP contribution in [-0.2, 0) is 16.0 Å². The van der Waals surface area contributed by atoms with Gasteiger partial charge in [-0.25, -0.2) is 0 Å². The van der Waals surface area contributed by atoms with Crippen molar-refractivity contribution >= 4 is 33.4 Å². The van der Waals surface area contributed by atoms with E-state index in [1.54, 1.807) is 25.2 Å². The van der Waals surface area contributed by atoms with Crippen molar-refractivity contribution in [3.05, 3.63) is 46.4 Å². The van der Waals surface area contributed by atoms with Crippen molar-refractivity contribution in [3.8, 4) is 17.2 Å². The molecule has 0 saturated heterocycles. The largest absolute Gasteiger partial charge is 0.493 e. The summed E-state index contributed by atoms with van der Waals surface area (Å²) in [6.45, 7) is -0.0649. The minimum absolute atomic E-state index is 0.0649. The van der Waals surface area contributed by atoms with E-state index in [0.717, 1.165) is 4.47 Å². The van der Waals surface area contributed by atoms with Crippen molar-refractivity contribution in [2.75, 3.05) is 40.2 Å². The van der Waals surface area contributed by atoms with Crippen molar-refractivity contribution in [3.63, 3.8) is 0 Å². The number of methoxy groups -OCH3 is 3. The van der Waals surface area contributed by atoms with Crippen LogP contribution in [0, 0.1) is 0 Å². The molecule has 0 radical (unpaired) electrons. The van der Waals surface area contributed by atoms with E-state index < -0.39 is 0 Å². The first-order chi connectivity index (χ1) is 13.4. The molecule has 0 aliphatic carbocycles. The molecule has 7 nitrogen and oxygen atoms in total. The molecule has 150 valence electrons. The Balaban J connectivity index is 2.04. The summed E-state index contributed by atoms with van der Waals surface area (Å²) in [5.74, 6) is 0.907. The lowest BCUT2D eigenvalue weighted by Crippen LogP contribution is -2.35. The highest BCUT2D eigenvalue weighted by atomic mass is 79.9. The molecule has 0 aliphatic rings. The molecule has 0 spiro atoms. The first-order valence-corrected chi connectivity index (χ1v) is 9.26. The third kappa shape index (κ3) is 5.39. The first kappa shape index (κ1) is 21.6. The molecular weight excluding hydrogens is 428 g/mol. The second kappa shape index (κ2) is 9.98. The van der Waals surface area contributed by atoms with Gasteiger partial charge in [-0.3, -0.25) is 9.59 Å². The summed E-state index contributed by atoms with van der Waals surface area (Å²) >= 11 is 3.37. The number of nitrogens with one attached hydrogen (secondary N) is 1. The van der Waals surface area contributed by atoms with Gasteiger partial charge in [0.1, 0.15) is 0 Å². The van der Waals surface area contributed by atoms with Gasteiger partial charge in [0.2, 0.25) is 17.6 Å². The van der Waals surface area contributed by atoms with Gasteiger partial charge in [0.05, 0.1) is 40.0 Å². The molecule has 2 amide bonds. The van der Waals surface area contributed by atoms with E-state index in [-0.39, 0.29) is 24.8 Å². The number of carbonyl (C=O) groups excluding carboxylic acids is 2. The maximum Gasteiger partial charge on any atom is 0.244 e. The number of nitrogens with zero attached hydrogens (tertiary/aromatic N) is 1. The fourth-order valence-electron chi connectivity index (χ4n) is 2.60. The fraction of sp³-hybridized carbons (Fsp3) is 0.300. The molecule has 0 heterocycles. The predicted octanol–water partition coefficient (Wildman–Crippen LogP) is 3.11. The van der Waals surface area contributed by atoms with Gasteiger partial charge in [0, 0.05) is 11.5 Å². The molecule has 0 aliphatic heterocycles. The van der Waals surface area contributed by atoms with Gasteiger partial charge in [-0.15, -0.1) is 0 Å². The highest BCUT2D eigenvalue weighted by Crippen LogP contribution is 2.38. The Morgan fingerprint density at radius 1 is 1.04 bits per heavy atom. The van der Waals surface area contributed by atoms with Crippen LogP contribution in [-0.4, -0.2) is 51.6 Å². The van der Waals surface area contributed by atoms with Crippen LogP contribution in [0.1, 0.15) is 5.56 Å². The Kier molecular flexibility index (Phi) is 7.69. The lowest BCUT2D eigenvalue weighted by molar-refractivity contribution is -0.132. The molecule has 0 aromatic heterocycles. The van der Waals surface area contributed by atoms with Gasteiger partial charge >= 0.3 is 0 Å². The Labute approximate surface area is 172 Å². The van der Waals surface area contributed by atoms with Crippen LogP contribution in [0.15, 0.2) is 40.9 Å². The van der Waals surface area contributed by atoms with E-state index in [2.05, 4.69) is 21.2 Å². The zero-order valence-electron chi connectivity index (χ0n) is 16.2. The van der Waals surface area contributed by atoms with Crippen LogP contribution in [0.2, 0.25) is 0 Å². The molecule has 0 unspecified atom stereocenters. The van der Waals surface area contributed by atoms with E-state index in [0.29, 0.717) is 28.5 Å². The second-order valence-electron chi connectivity index (χ2n) is 5.99. The molecule has 0 bridgehead atoms. The van der Waals surface area contributed by atoms with E-state index in [1.807, 2.05) is 18.2 Å². The molecule has 28 heavy (non-hydrogen) atoms. The number of ether oxygens (including phenoxy) is 3. The van der Waals surface area contributed by atoms with Gasteiger partial charge in [0.25, 0.3) is 0 Å². The lowest BCUT2D eigenvalue weighted by atomic mass is 10.1. The number of anilines is 1. The number of para-hydroxylation sites is 1. The number of hydrogen-bond donors (Lipinski definition) is 1. The summed E-state index contributed by atoms with van der Waals surface area (Å²) in [5, 5.41) is 2.78. The van der Waals surface area contributed by atoms with E-state index in [9.17, 15) is 9.59 Å². The molecule has 8 heteroatoms. The Morgan fingerprint density at radius 3 is 2.18 bits per heavy atom. The zero-order chi connectivity index (χ0) is 20.7. The smallest absolute Gasteiger partial charge is 0.244 e. The minimum atomic E-state index is -0.285. The summed E-state index contributed by atoms with van der Waals surface area (Å²) in [7, 11) is 6.13. The average molecular weight is 451 g/mol. The first-order valence-electron chi connectivity index (χ1n) is 8.46. The Hall–Kier alpha value is -2.74.